The second-order valence-corrected chi connectivity index (χ2v) is 5.59. The summed E-state index contributed by atoms with van der Waals surface area (Å²) in [6.07, 6.45) is 0. The van der Waals surface area contributed by atoms with Crippen molar-refractivity contribution in [1.29, 1.82) is 0 Å². The lowest BCUT2D eigenvalue weighted by Crippen LogP contribution is -1.99. The van der Waals surface area contributed by atoms with E-state index in [0.717, 1.165) is 12.1 Å². The third-order valence-corrected chi connectivity index (χ3v) is 3.93. The largest absolute Gasteiger partial charge is 0.399 e. The first-order chi connectivity index (χ1) is 9.45. The van der Waals surface area contributed by atoms with E-state index >= 15 is 0 Å². The van der Waals surface area contributed by atoms with Crippen molar-refractivity contribution in [3.05, 3.63) is 64.0 Å². The molecule has 0 saturated heterocycles. The molecule has 1 atom stereocenters. The van der Waals surface area contributed by atoms with Gasteiger partial charge in [0.25, 0.3) is 5.69 Å². The summed E-state index contributed by atoms with van der Waals surface area (Å²) in [4.78, 5) is 10.4. The van der Waals surface area contributed by atoms with Crippen molar-refractivity contribution in [2.75, 3.05) is 5.73 Å². The Morgan fingerprint density at radius 2 is 2.00 bits per heavy atom. The first kappa shape index (κ1) is 14.1. The van der Waals surface area contributed by atoms with E-state index in [-0.39, 0.29) is 22.0 Å². The number of nitrogen functional groups attached to an aromatic ring is 1. The van der Waals surface area contributed by atoms with Crippen LogP contribution in [0.4, 0.5) is 15.8 Å². The number of rotatable bonds is 4. The molecule has 0 radical (unpaired) electrons. The quantitative estimate of drug-likeness (QED) is 0.533. The maximum Gasteiger partial charge on any atom is 0.269 e. The molecule has 0 heterocycles. The van der Waals surface area contributed by atoms with Crippen molar-refractivity contribution in [1.82, 2.24) is 0 Å². The minimum absolute atomic E-state index is 0.0601. The van der Waals surface area contributed by atoms with Crippen LogP contribution >= 0.6 is 0 Å². The van der Waals surface area contributed by atoms with Gasteiger partial charge in [0.2, 0.25) is 0 Å². The fourth-order valence-electron chi connectivity index (χ4n) is 1.71. The molecule has 0 saturated carbocycles. The first-order valence-corrected chi connectivity index (χ1v) is 6.95. The summed E-state index contributed by atoms with van der Waals surface area (Å²) >= 11 is 0. The number of anilines is 1. The van der Waals surface area contributed by atoms with Gasteiger partial charge in [0, 0.05) is 22.7 Å². The molecule has 2 aromatic carbocycles. The lowest BCUT2D eigenvalue weighted by atomic mass is 10.2. The molecule has 0 fully saturated rings. The van der Waals surface area contributed by atoms with Gasteiger partial charge in [-0.05, 0) is 23.8 Å². The summed E-state index contributed by atoms with van der Waals surface area (Å²) in [6, 6.07) is 9.56. The number of hydrogen-bond donors (Lipinski definition) is 1. The molecule has 104 valence electrons. The predicted octanol–water partition coefficient (Wildman–Crippen LogP) is 2.62. The summed E-state index contributed by atoms with van der Waals surface area (Å²) in [6.45, 7) is 0. The van der Waals surface area contributed by atoms with Crippen molar-refractivity contribution in [2.45, 2.75) is 10.6 Å². The Labute approximate surface area is 116 Å². The van der Waals surface area contributed by atoms with Crippen molar-refractivity contribution >= 4 is 22.2 Å². The Morgan fingerprint density at radius 1 is 1.25 bits per heavy atom. The number of halogens is 1. The molecule has 0 spiro atoms. The number of hydrogen-bond acceptors (Lipinski definition) is 4. The second kappa shape index (κ2) is 5.79. The van der Waals surface area contributed by atoms with E-state index in [1.807, 2.05) is 0 Å². The summed E-state index contributed by atoms with van der Waals surface area (Å²) < 4.78 is 25.3. The Kier molecular flexibility index (Phi) is 4.09. The number of benzene rings is 2. The Balaban J connectivity index is 2.23. The van der Waals surface area contributed by atoms with Crippen LogP contribution < -0.4 is 5.73 Å². The monoisotopic (exact) mass is 294 g/mol. The van der Waals surface area contributed by atoms with Gasteiger partial charge in [-0.3, -0.25) is 14.3 Å². The van der Waals surface area contributed by atoms with E-state index in [1.165, 1.54) is 24.3 Å². The van der Waals surface area contributed by atoms with Gasteiger partial charge in [-0.25, -0.2) is 4.39 Å². The highest BCUT2D eigenvalue weighted by atomic mass is 32.2. The van der Waals surface area contributed by atoms with E-state index < -0.39 is 21.5 Å². The average molecular weight is 294 g/mol. The molecule has 0 aliphatic rings. The number of nitro groups is 1. The molecule has 2 rings (SSSR count). The van der Waals surface area contributed by atoms with Crippen molar-refractivity contribution < 1.29 is 13.5 Å². The van der Waals surface area contributed by atoms with Gasteiger partial charge >= 0.3 is 0 Å². The van der Waals surface area contributed by atoms with Gasteiger partial charge in [-0.1, -0.05) is 12.1 Å². The minimum atomic E-state index is -1.52. The summed E-state index contributed by atoms with van der Waals surface area (Å²) in [7, 11) is -1.52. The molecule has 20 heavy (non-hydrogen) atoms. The SMILES string of the molecule is Nc1cc(F)cc(S(=O)Cc2cccc([N+](=O)[O-])c2)c1. The zero-order chi connectivity index (χ0) is 14.7. The molecule has 1 unspecified atom stereocenters. The zero-order valence-electron chi connectivity index (χ0n) is 10.3. The highest BCUT2D eigenvalue weighted by Gasteiger charge is 2.11. The summed E-state index contributed by atoms with van der Waals surface area (Å²) in [5.74, 6) is -0.503. The van der Waals surface area contributed by atoms with Gasteiger partial charge in [0.15, 0.2) is 0 Å². The molecule has 0 aliphatic heterocycles. The molecule has 0 bridgehead atoms. The van der Waals surface area contributed by atoms with Gasteiger partial charge < -0.3 is 5.73 Å². The maximum absolute atomic E-state index is 13.2. The predicted molar refractivity (Wildman–Crippen MR) is 74.0 cm³/mol. The van der Waals surface area contributed by atoms with Gasteiger partial charge in [-0.15, -0.1) is 0 Å². The molecule has 0 aliphatic carbocycles. The highest BCUT2D eigenvalue weighted by molar-refractivity contribution is 7.84. The van der Waals surface area contributed by atoms with E-state index in [9.17, 15) is 18.7 Å². The van der Waals surface area contributed by atoms with E-state index in [4.69, 9.17) is 5.73 Å². The van der Waals surface area contributed by atoms with Crippen LogP contribution in [0.5, 0.6) is 0 Å². The number of nitro benzene ring substituents is 1. The molecule has 2 N–H and O–H groups in total. The summed E-state index contributed by atoms with van der Waals surface area (Å²) in [5, 5.41) is 10.7. The minimum Gasteiger partial charge on any atom is -0.399 e. The van der Waals surface area contributed by atoms with Gasteiger partial charge in [-0.2, -0.15) is 0 Å². The van der Waals surface area contributed by atoms with Gasteiger partial charge in [0.05, 0.1) is 21.5 Å². The van der Waals surface area contributed by atoms with Crippen LogP contribution in [0.25, 0.3) is 0 Å². The first-order valence-electron chi connectivity index (χ1n) is 5.63. The number of nitrogens with two attached hydrogens (primary N) is 1. The average Bonchev–Trinajstić information content (AvgIpc) is 2.37. The van der Waals surface area contributed by atoms with Gasteiger partial charge in [0.1, 0.15) is 5.82 Å². The fraction of sp³-hybridized carbons (Fsp3) is 0.0769. The van der Waals surface area contributed by atoms with Crippen LogP contribution in [-0.2, 0) is 16.6 Å². The smallest absolute Gasteiger partial charge is 0.269 e. The Bertz CT molecular complexity index is 671. The van der Waals surface area contributed by atoms with Crippen LogP contribution in [0.1, 0.15) is 5.56 Å². The molecule has 7 heteroatoms. The zero-order valence-corrected chi connectivity index (χ0v) is 11.1. The lowest BCUT2D eigenvalue weighted by Gasteiger charge is -2.04. The van der Waals surface area contributed by atoms with E-state index in [1.54, 1.807) is 6.07 Å². The standard InChI is InChI=1S/C13H11FN2O3S/c14-10-5-11(15)7-13(6-10)20(19)8-9-2-1-3-12(4-9)16(17)18/h1-7H,8,15H2. The molecule has 5 nitrogen and oxygen atoms in total. The third-order valence-electron chi connectivity index (χ3n) is 2.58. The summed E-state index contributed by atoms with van der Waals surface area (Å²) in [5.41, 5.74) is 6.15. The van der Waals surface area contributed by atoms with E-state index in [2.05, 4.69) is 0 Å². The molecular weight excluding hydrogens is 283 g/mol. The molecule has 0 amide bonds. The lowest BCUT2D eigenvalue weighted by molar-refractivity contribution is -0.384. The normalized spacial score (nSPS) is 12.1. The highest BCUT2D eigenvalue weighted by Crippen LogP contribution is 2.19. The molecule has 0 aromatic heterocycles. The van der Waals surface area contributed by atoms with E-state index in [0.29, 0.717) is 5.56 Å². The van der Waals surface area contributed by atoms with Crippen LogP contribution in [0.3, 0.4) is 0 Å². The van der Waals surface area contributed by atoms with Crippen molar-refractivity contribution in [2.24, 2.45) is 0 Å². The Morgan fingerprint density at radius 3 is 2.65 bits per heavy atom. The van der Waals surface area contributed by atoms with Crippen LogP contribution in [0.15, 0.2) is 47.4 Å². The second-order valence-electron chi connectivity index (χ2n) is 4.14. The molecule has 2 aromatic rings. The van der Waals surface area contributed by atoms with Crippen LogP contribution in [-0.4, -0.2) is 9.13 Å². The fourth-order valence-corrected chi connectivity index (χ4v) is 2.87. The van der Waals surface area contributed by atoms with Crippen LogP contribution in [0.2, 0.25) is 0 Å². The Hall–Kier alpha value is -2.28. The number of nitrogens with zero attached hydrogens (tertiary/aromatic N) is 1. The number of non-ortho nitro benzene ring substituents is 1. The third kappa shape index (κ3) is 3.39. The maximum atomic E-state index is 13.2. The van der Waals surface area contributed by atoms with Crippen molar-refractivity contribution in [3.8, 4) is 0 Å². The van der Waals surface area contributed by atoms with Crippen molar-refractivity contribution in [3.63, 3.8) is 0 Å². The van der Waals surface area contributed by atoms with Crippen LogP contribution in [0, 0.1) is 15.9 Å². The molecular formula is C13H11FN2O3S. The topological polar surface area (TPSA) is 86.2 Å².